The number of hydrogen-bond donors (Lipinski definition) is 0. The molecule has 0 N–H and O–H groups in total. The highest BCUT2D eigenvalue weighted by Crippen LogP contribution is 2.14. The van der Waals surface area contributed by atoms with Crippen molar-refractivity contribution in [2.24, 2.45) is 0 Å². The minimum Gasteiger partial charge on any atom is -0.488 e. The van der Waals surface area contributed by atoms with Gasteiger partial charge in [-0.3, -0.25) is 0 Å². The van der Waals surface area contributed by atoms with E-state index in [9.17, 15) is 4.39 Å². The largest absolute Gasteiger partial charge is 0.488 e. The lowest BCUT2D eigenvalue weighted by Crippen LogP contribution is -2.05. The van der Waals surface area contributed by atoms with Crippen LogP contribution in [-0.2, 0) is 4.74 Å². The van der Waals surface area contributed by atoms with E-state index in [-0.39, 0.29) is 5.75 Å². The van der Waals surface area contributed by atoms with Gasteiger partial charge in [-0.25, -0.2) is 4.39 Å². The highest BCUT2D eigenvalue weighted by atomic mass is 19.1. The Labute approximate surface area is 70.9 Å². The normalized spacial score (nSPS) is 9.83. The summed E-state index contributed by atoms with van der Waals surface area (Å²) in [4.78, 5) is 0. The minimum absolute atomic E-state index is 0.217. The first-order valence-electron chi connectivity index (χ1n) is 3.62. The quantitative estimate of drug-likeness (QED) is 0.638. The second kappa shape index (κ2) is 4.72. The van der Waals surface area contributed by atoms with E-state index in [4.69, 9.17) is 9.47 Å². The van der Waals surface area contributed by atoms with Crippen LogP contribution in [0, 0.1) is 11.9 Å². The maximum absolute atomic E-state index is 12.8. The zero-order chi connectivity index (χ0) is 8.81. The van der Waals surface area contributed by atoms with Gasteiger partial charge in [-0.2, -0.15) is 0 Å². The van der Waals surface area contributed by atoms with Gasteiger partial charge >= 0.3 is 0 Å². The maximum atomic E-state index is 12.8. The number of hydrogen-bond acceptors (Lipinski definition) is 2. The summed E-state index contributed by atoms with van der Waals surface area (Å²) in [5.74, 6) is -0.247. The number of rotatable bonds is 4. The van der Waals surface area contributed by atoms with E-state index in [1.165, 1.54) is 6.07 Å². The lowest BCUT2D eigenvalue weighted by Gasteiger charge is -2.04. The first-order valence-corrected chi connectivity index (χ1v) is 3.62. The van der Waals surface area contributed by atoms with E-state index in [0.29, 0.717) is 13.2 Å². The fourth-order valence-corrected chi connectivity index (χ4v) is 0.748. The van der Waals surface area contributed by atoms with Crippen molar-refractivity contribution in [3.63, 3.8) is 0 Å². The van der Waals surface area contributed by atoms with Crippen molar-refractivity contribution >= 4 is 0 Å². The summed E-state index contributed by atoms with van der Waals surface area (Å²) < 4.78 is 22.6. The van der Waals surface area contributed by atoms with Crippen LogP contribution in [0.2, 0.25) is 0 Å². The van der Waals surface area contributed by atoms with Crippen molar-refractivity contribution in [2.45, 2.75) is 0 Å². The van der Waals surface area contributed by atoms with Crippen LogP contribution < -0.4 is 4.74 Å². The maximum Gasteiger partial charge on any atom is 0.172 e. The molecule has 1 radical (unpaired) electrons. The Hall–Kier alpha value is -1.09. The molecule has 0 atom stereocenters. The summed E-state index contributed by atoms with van der Waals surface area (Å²) >= 11 is 0. The fraction of sp³-hybridized carbons (Fsp3) is 0.333. The topological polar surface area (TPSA) is 18.5 Å². The second-order valence-electron chi connectivity index (χ2n) is 2.19. The first-order chi connectivity index (χ1) is 5.84. The molecule has 3 heteroatoms. The van der Waals surface area contributed by atoms with Gasteiger partial charge < -0.3 is 9.47 Å². The molecule has 12 heavy (non-hydrogen) atoms. The standard InChI is InChI=1S/C9H10FO2/c1-11-6-7-12-9-5-3-2-4-8(9)10/h2-3,5H,6-7H2,1H3. The Balaban J connectivity index is 2.46. The molecule has 0 aliphatic rings. The highest BCUT2D eigenvalue weighted by Gasteiger charge is 1.99. The number of ether oxygens (including phenoxy) is 2. The van der Waals surface area contributed by atoms with Crippen LogP contribution in [0.25, 0.3) is 0 Å². The van der Waals surface area contributed by atoms with Crippen molar-refractivity contribution in [3.05, 3.63) is 30.1 Å². The molecule has 65 valence electrons. The van der Waals surface area contributed by atoms with Gasteiger partial charge in [-0.05, 0) is 6.07 Å². The molecule has 0 heterocycles. The van der Waals surface area contributed by atoms with E-state index in [0.717, 1.165) is 0 Å². The SMILES string of the molecule is COCCOc1ccc[c]c1F. The summed E-state index contributed by atoms with van der Waals surface area (Å²) in [6, 6.07) is 7.12. The molecule has 1 rings (SSSR count). The van der Waals surface area contributed by atoms with Crippen LogP contribution in [0.3, 0.4) is 0 Å². The summed E-state index contributed by atoms with van der Waals surface area (Å²) in [6.07, 6.45) is 0. The molecule has 0 bridgehead atoms. The molecule has 0 unspecified atom stereocenters. The average molecular weight is 169 g/mol. The molecule has 0 spiro atoms. The van der Waals surface area contributed by atoms with Gasteiger partial charge in [0.15, 0.2) is 11.6 Å². The Morgan fingerprint density at radius 1 is 1.50 bits per heavy atom. The van der Waals surface area contributed by atoms with Gasteiger partial charge in [0.05, 0.1) is 6.61 Å². The third-order valence-corrected chi connectivity index (χ3v) is 1.32. The van der Waals surface area contributed by atoms with Crippen molar-refractivity contribution in [3.8, 4) is 5.75 Å². The Kier molecular flexibility index (Phi) is 3.54. The van der Waals surface area contributed by atoms with Crippen LogP contribution in [-0.4, -0.2) is 20.3 Å². The molecular formula is C9H10FO2. The van der Waals surface area contributed by atoms with E-state index < -0.39 is 5.82 Å². The number of halogens is 1. The van der Waals surface area contributed by atoms with E-state index >= 15 is 0 Å². The second-order valence-corrected chi connectivity index (χ2v) is 2.19. The summed E-state index contributed by atoms with van der Waals surface area (Å²) in [6.45, 7) is 0.805. The monoisotopic (exact) mass is 169 g/mol. The summed E-state index contributed by atoms with van der Waals surface area (Å²) in [5.41, 5.74) is 0. The van der Waals surface area contributed by atoms with Crippen LogP contribution in [0.5, 0.6) is 5.75 Å². The number of benzene rings is 1. The highest BCUT2D eigenvalue weighted by molar-refractivity contribution is 5.22. The Bertz CT molecular complexity index is 238. The van der Waals surface area contributed by atoms with Crippen LogP contribution >= 0.6 is 0 Å². The molecule has 0 saturated heterocycles. The van der Waals surface area contributed by atoms with Crippen molar-refractivity contribution in [2.75, 3.05) is 20.3 Å². The third-order valence-electron chi connectivity index (χ3n) is 1.32. The van der Waals surface area contributed by atoms with E-state index in [1.807, 2.05) is 0 Å². The fourth-order valence-electron chi connectivity index (χ4n) is 0.748. The lowest BCUT2D eigenvalue weighted by molar-refractivity contribution is 0.144. The molecule has 0 aromatic heterocycles. The van der Waals surface area contributed by atoms with E-state index in [2.05, 4.69) is 6.07 Å². The van der Waals surface area contributed by atoms with E-state index in [1.54, 1.807) is 19.2 Å². The Morgan fingerprint density at radius 3 is 3.00 bits per heavy atom. The zero-order valence-corrected chi connectivity index (χ0v) is 6.84. The van der Waals surface area contributed by atoms with Gasteiger partial charge in [0.1, 0.15) is 6.61 Å². The molecule has 0 amide bonds. The predicted octanol–water partition coefficient (Wildman–Crippen LogP) is 1.65. The molecule has 1 aromatic rings. The van der Waals surface area contributed by atoms with Gasteiger partial charge in [-0.1, -0.05) is 12.1 Å². The Morgan fingerprint density at radius 2 is 2.33 bits per heavy atom. The molecule has 1 aromatic carbocycles. The number of methoxy groups -OCH3 is 1. The average Bonchev–Trinajstić information content (AvgIpc) is 2.09. The molecule has 0 fully saturated rings. The summed E-state index contributed by atoms with van der Waals surface area (Å²) in [7, 11) is 1.57. The molecule has 0 aliphatic carbocycles. The molecule has 2 nitrogen and oxygen atoms in total. The summed E-state index contributed by atoms with van der Waals surface area (Å²) in [5, 5.41) is 0. The molecule has 0 saturated carbocycles. The molecule has 0 aliphatic heterocycles. The van der Waals surface area contributed by atoms with Crippen molar-refractivity contribution in [1.82, 2.24) is 0 Å². The van der Waals surface area contributed by atoms with Gasteiger partial charge in [0, 0.05) is 13.2 Å². The van der Waals surface area contributed by atoms with Crippen molar-refractivity contribution < 1.29 is 13.9 Å². The predicted molar refractivity (Wildman–Crippen MR) is 42.6 cm³/mol. The van der Waals surface area contributed by atoms with Crippen LogP contribution in [0.1, 0.15) is 0 Å². The van der Waals surface area contributed by atoms with Crippen LogP contribution in [0.4, 0.5) is 4.39 Å². The molecular weight excluding hydrogens is 159 g/mol. The van der Waals surface area contributed by atoms with Gasteiger partial charge in [0.25, 0.3) is 0 Å². The smallest absolute Gasteiger partial charge is 0.172 e. The first kappa shape index (κ1) is 9.00. The van der Waals surface area contributed by atoms with Crippen LogP contribution in [0.15, 0.2) is 18.2 Å². The minimum atomic E-state index is -0.464. The third kappa shape index (κ3) is 2.51. The van der Waals surface area contributed by atoms with Crippen molar-refractivity contribution in [1.29, 1.82) is 0 Å². The zero-order valence-electron chi connectivity index (χ0n) is 6.84. The van der Waals surface area contributed by atoms with Gasteiger partial charge in [0.2, 0.25) is 0 Å². The lowest BCUT2D eigenvalue weighted by atomic mass is 10.3. The van der Waals surface area contributed by atoms with Gasteiger partial charge in [-0.15, -0.1) is 0 Å².